The average Bonchev–Trinajstić information content (AvgIpc) is 2.16. The molecule has 3 heteroatoms. The Morgan fingerprint density at radius 2 is 1.87 bits per heavy atom. The van der Waals surface area contributed by atoms with E-state index in [1.807, 2.05) is 0 Å². The minimum Gasteiger partial charge on any atom is -0.343 e. The van der Waals surface area contributed by atoms with Gasteiger partial charge < -0.3 is 9.80 Å². The van der Waals surface area contributed by atoms with Crippen LogP contribution in [0.1, 0.15) is 39.0 Å². The van der Waals surface area contributed by atoms with E-state index in [1.165, 1.54) is 32.4 Å². The van der Waals surface area contributed by atoms with Crippen molar-refractivity contribution in [3.05, 3.63) is 0 Å². The molecule has 2 rings (SSSR count). The second kappa shape index (κ2) is 4.97. The van der Waals surface area contributed by atoms with Crippen molar-refractivity contribution >= 4 is 5.91 Å². The summed E-state index contributed by atoms with van der Waals surface area (Å²) in [5.41, 5.74) is 0. The normalized spacial score (nSPS) is 23.9. The molecule has 1 amide bonds. The van der Waals surface area contributed by atoms with Crippen molar-refractivity contribution < 1.29 is 4.79 Å². The molecule has 0 atom stereocenters. The Kier molecular flexibility index (Phi) is 3.62. The molecule has 2 aliphatic rings. The van der Waals surface area contributed by atoms with Crippen molar-refractivity contribution in [3.8, 4) is 0 Å². The quantitative estimate of drug-likeness (QED) is 0.704. The van der Waals surface area contributed by atoms with Gasteiger partial charge in [0.05, 0.1) is 0 Å². The minimum atomic E-state index is 0.361. The van der Waals surface area contributed by atoms with E-state index in [9.17, 15) is 4.79 Å². The maximum Gasteiger partial charge on any atom is 0.222 e. The first-order valence-corrected chi connectivity index (χ1v) is 6.33. The number of amides is 1. The summed E-state index contributed by atoms with van der Waals surface area (Å²) in [6.07, 6.45) is 5.46. The van der Waals surface area contributed by atoms with Gasteiger partial charge in [0.1, 0.15) is 0 Å². The molecule has 0 spiro atoms. The van der Waals surface area contributed by atoms with Crippen LogP contribution in [0.2, 0.25) is 0 Å². The first-order chi connectivity index (χ1) is 7.31. The van der Waals surface area contributed by atoms with Gasteiger partial charge in [-0.1, -0.05) is 6.92 Å². The molecule has 0 aromatic heterocycles. The smallest absolute Gasteiger partial charge is 0.222 e. The summed E-state index contributed by atoms with van der Waals surface area (Å²) < 4.78 is 0. The molecule has 15 heavy (non-hydrogen) atoms. The number of nitrogens with zero attached hydrogens (tertiary/aromatic N) is 2. The lowest BCUT2D eigenvalue weighted by atomic mass is 9.99. The van der Waals surface area contributed by atoms with Crippen molar-refractivity contribution in [1.82, 2.24) is 9.80 Å². The van der Waals surface area contributed by atoms with Crippen LogP contribution in [0.3, 0.4) is 0 Å². The maximum absolute atomic E-state index is 11.7. The summed E-state index contributed by atoms with van der Waals surface area (Å²) in [6, 6.07) is 0.768. The van der Waals surface area contributed by atoms with Gasteiger partial charge in [0, 0.05) is 25.6 Å². The predicted molar refractivity (Wildman–Crippen MR) is 60.7 cm³/mol. The van der Waals surface area contributed by atoms with Gasteiger partial charge in [-0.2, -0.15) is 0 Å². The third-order valence-corrected chi connectivity index (χ3v) is 3.69. The lowest BCUT2D eigenvalue weighted by Gasteiger charge is -2.43. The zero-order valence-corrected chi connectivity index (χ0v) is 9.74. The molecule has 0 aliphatic carbocycles. The molecule has 0 bridgehead atoms. The Morgan fingerprint density at radius 1 is 1.20 bits per heavy atom. The van der Waals surface area contributed by atoms with Crippen LogP contribution in [0.4, 0.5) is 0 Å². The van der Waals surface area contributed by atoms with Crippen LogP contribution < -0.4 is 0 Å². The minimum absolute atomic E-state index is 0.361. The summed E-state index contributed by atoms with van der Waals surface area (Å²) in [5.74, 6) is 0.361. The summed E-state index contributed by atoms with van der Waals surface area (Å²) >= 11 is 0. The summed E-state index contributed by atoms with van der Waals surface area (Å²) in [6.45, 7) is 6.62. The van der Waals surface area contributed by atoms with E-state index < -0.39 is 0 Å². The number of carbonyl (C=O) groups excluding carboxylic acids is 1. The third kappa shape index (κ3) is 2.51. The van der Waals surface area contributed by atoms with Crippen molar-refractivity contribution in [1.29, 1.82) is 0 Å². The van der Waals surface area contributed by atoms with Crippen LogP contribution in [0, 0.1) is 0 Å². The first-order valence-electron chi connectivity index (χ1n) is 6.33. The molecule has 2 fully saturated rings. The predicted octanol–water partition coefficient (Wildman–Crippen LogP) is 1.48. The zero-order valence-electron chi connectivity index (χ0n) is 9.74. The van der Waals surface area contributed by atoms with Gasteiger partial charge in [-0.25, -0.2) is 0 Å². The van der Waals surface area contributed by atoms with Crippen LogP contribution in [0.25, 0.3) is 0 Å². The molecule has 0 radical (unpaired) electrons. The van der Waals surface area contributed by atoms with Gasteiger partial charge in [-0.15, -0.1) is 0 Å². The molecule has 0 aromatic carbocycles. The summed E-state index contributed by atoms with van der Waals surface area (Å²) in [5, 5.41) is 0. The maximum atomic E-state index is 11.7. The fraction of sp³-hybridized carbons (Fsp3) is 0.917. The van der Waals surface area contributed by atoms with E-state index >= 15 is 0 Å². The van der Waals surface area contributed by atoms with E-state index in [4.69, 9.17) is 0 Å². The Labute approximate surface area is 92.4 Å². The van der Waals surface area contributed by atoms with Gasteiger partial charge in [0.25, 0.3) is 0 Å². The third-order valence-electron chi connectivity index (χ3n) is 3.69. The molecule has 0 aromatic rings. The summed E-state index contributed by atoms with van der Waals surface area (Å²) in [4.78, 5) is 16.3. The van der Waals surface area contributed by atoms with E-state index in [0.717, 1.165) is 32.0 Å². The topological polar surface area (TPSA) is 23.6 Å². The zero-order chi connectivity index (χ0) is 10.7. The van der Waals surface area contributed by atoms with Gasteiger partial charge in [0.2, 0.25) is 5.91 Å². The van der Waals surface area contributed by atoms with Crippen molar-refractivity contribution in [2.75, 3.05) is 26.2 Å². The fourth-order valence-electron chi connectivity index (χ4n) is 2.56. The van der Waals surface area contributed by atoms with Crippen LogP contribution in [0.15, 0.2) is 0 Å². The molecule has 0 saturated carbocycles. The van der Waals surface area contributed by atoms with Crippen molar-refractivity contribution in [2.24, 2.45) is 0 Å². The lowest BCUT2D eigenvalue weighted by molar-refractivity contribution is -0.133. The molecule has 0 unspecified atom stereocenters. The highest BCUT2D eigenvalue weighted by atomic mass is 16.2. The van der Waals surface area contributed by atoms with Gasteiger partial charge in [0.15, 0.2) is 0 Å². The number of carbonyl (C=O) groups is 1. The molecular formula is C12H22N2O. The van der Waals surface area contributed by atoms with Gasteiger partial charge in [-0.3, -0.25) is 4.79 Å². The molecule has 0 N–H and O–H groups in total. The Hall–Kier alpha value is -0.570. The van der Waals surface area contributed by atoms with Crippen LogP contribution >= 0.6 is 0 Å². The van der Waals surface area contributed by atoms with E-state index in [0.29, 0.717) is 5.91 Å². The summed E-state index contributed by atoms with van der Waals surface area (Å²) in [7, 11) is 0. The van der Waals surface area contributed by atoms with Crippen molar-refractivity contribution in [2.45, 2.75) is 45.1 Å². The Bertz CT molecular complexity index is 218. The Morgan fingerprint density at radius 3 is 2.33 bits per heavy atom. The SMILES string of the molecule is CCCC(=O)N1CCC(N2CCC2)CC1. The van der Waals surface area contributed by atoms with Gasteiger partial charge in [-0.05, 0) is 38.8 Å². The monoisotopic (exact) mass is 210 g/mol. The second-order valence-corrected chi connectivity index (χ2v) is 4.75. The molecule has 86 valence electrons. The molecule has 2 saturated heterocycles. The van der Waals surface area contributed by atoms with Crippen molar-refractivity contribution in [3.63, 3.8) is 0 Å². The van der Waals surface area contributed by atoms with E-state index in [2.05, 4.69) is 16.7 Å². The average molecular weight is 210 g/mol. The molecule has 2 aliphatic heterocycles. The molecular weight excluding hydrogens is 188 g/mol. The molecule has 2 heterocycles. The van der Waals surface area contributed by atoms with E-state index in [1.54, 1.807) is 0 Å². The number of likely N-dealkylation sites (tertiary alicyclic amines) is 2. The Balaban J connectivity index is 1.73. The highest BCUT2D eigenvalue weighted by molar-refractivity contribution is 5.76. The fourth-order valence-corrected chi connectivity index (χ4v) is 2.56. The second-order valence-electron chi connectivity index (χ2n) is 4.75. The highest BCUT2D eigenvalue weighted by Crippen LogP contribution is 2.21. The van der Waals surface area contributed by atoms with Gasteiger partial charge >= 0.3 is 0 Å². The first kappa shape index (κ1) is 10.9. The van der Waals surface area contributed by atoms with E-state index in [-0.39, 0.29) is 0 Å². The number of piperidine rings is 1. The standard InChI is InChI=1S/C12H22N2O/c1-2-4-12(15)14-9-5-11(6-10-14)13-7-3-8-13/h11H,2-10H2,1H3. The van der Waals surface area contributed by atoms with Crippen LogP contribution in [-0.2, 0) is 4.79 Å². The number of hydrogen-bond acceptors (Lipinski definition) is 2. The van der Waals surface area contributed by atoms with Crippen LogP contribution in [-0.4, -0.2) is 47.9 Å². The number of hydrogen-bond donors (Lipinski definition) is 0. The highest BCUT2D eigenvalue weighted by Gasteiger charge is 2.28. The lowest BCUT2D eigenvalue weighted by Crippen LogP contribution is -2.51. The van der Waals surface area contributed by atoms with Crippen LogP contribution in [0.5, 0.6) is 0 Å². The number of rotatable bonds is 3. The largest absolute Gasteiger partial charge is 0.343 e. The molecule has 3 nitrogen and oxygen atoms in total.